The molecule has 3 aromatic carbocycles. The van der Waals surface area contributed by atoms with Crippen LogP contribution in [0.2, 0.25) is 0 Å². The second-order valence-corrected chi connectivity index (χ2v) is 6.36. The van der Waals surface area contributed by atoms with Crippen molar-refractivity contribution >= 4 is 10.8 Å². The first-order valence-corrected chi connectivity index (χ1v) is 8.76. The van der Waals surface area contributed by atoms with Gasteiger partial charge in [-0.1, -0.05) is 62.4 Å². The number of hydrogen-bond acceptors (Lipinski definition) is 3. The highest BCUT2D eigenvalue weighted by Crippen LogP contribution is 2.28. The number of rotatable bonds is 7. The summed E-state index contributed by atoms with van der Waals surface area (Å²) in [5, 5.41) is 2.32. The number of para-hydroxylation sites is 1. The van der Waals surface area contributed by atoms with Crippen LogP contribution in [0.25, 0.3) is 10.8 Å². The molecule has 0 saturated heterocycles. The molecule has 2 N–H and O–H groups in total. The first kappa shape index (κ1) is 17.3. The van der Waals surface area contributed by atoms with Gasteiger partial charge in [0.05, 0.1) is 0 Å². The molecule has 0 aromatic heterocycles. The molecular formula is C22H25NO2. The molecule has 0 unspecified atom stereocenters. The van der Waals surface area contributed by atoms with Crippen LogP contribution in [0.1, 0.15) is 30.9 Å². The second kappa shape index (κ2) is 8.04. The zero-order chi connectivity index (χ0) is 17.6. The van der Waals surface area contributed by atoms with Gasteiger partial charge >= 0.3 is 0 Å². The highest BCUT2D eigenvalue weighted by molar-refractivity contribution is 5.87. The number of ether oxygens (including phenoxy) is 2. The van der Waals surface area contributed by atoms with E-state index >= 15 is 0 Å². The Morgan fingerprint density at radius 3 is 2.24 bits per heavy atom. The van der Waals surface area contributed by atoms with Crippen molar-refractivity contribution < 1.29 is 9.47 Å². The summed E-state index contributed by atoms with van der Waals surface area (Å²) in [6.45, 7) is 5.77. The Hall–Kier alpha value is -2.52. The molecule has 3 heteroatoms. The van der Waals surface area contributed by atoms with Crippen molar-refractivity contribution in [1.82, 2.24) is 0 Å². The van der Waals surface area contributed by atoms with Crippen molar-refractivity contribution in [3.8, 4) is 11.5 Å². The zero-order valence-corrected chi connectivity index (χ0v) is 14.9. The molecule has 0 fully saturated rings. The third-order valence-corrected chi connectivity index (χ3v) is 4.34. The summed E-state index contributed by atoms with van der Waals surface area (Å²) in [6.07, 6.45) is 0. The first-order chi connectivity index (χ1) is 12.2. The van der Waals surface area contributed by atoms with E-state index < -0.39 is 0 Å². The van der Waals surface area contributed by atoms with E-state index in [1.165, 1.54) is 10.9 Å². The average Bonchev–Trinajstić information content (AvgIpc) is 2.65. The van der Waals surface area contributed by atoms with Gasteiger partial charge in [-0.05, 0) is 34.4 Å². The van der Waals surface area contributed by atoms with Gasteiger partial charge in [-0.3, -0.25) is 0 Å². The van der Waals surface area contributed by atoms with E-state index in [2.05, 4.69) is 38.1 Å². The number of nitrogens with two attached hydrogens (primary N) is 1. The predicted molar refractivity (Wildman–Crippen MR) is 103 cm³/mol. The summed E-state index contributed by atoms with van der Waals surface area (Å²) in [4.78, 5) is 0. The quantitative estimate of drug-likeness (QED) is 0.626. The minimum absolute atomic E-state index is 0.432. The van der Waals surface area contributed by atoms with E-state index in [1.807, 2.05) is 36.4 Å². The van der Waals surface area contributed by atoms with Crippen LogP contribution in [0, 0.1) is 0 Å². The standard InChI is InChI=1S/C22H25NO2/c1-16(2)18-8-5-6-10-21(18)24-13-14-25-22-12-11-17-7-3-4-9-19(17)20(22)15-23/h3-12,16H,13-15,23H2,1-2H3. The predicted octanol–water partition coefficient (Wildman–Crippen LogP) is 4.88. The fraction of sp³-hybridized carbons (Fsp3) is 0.273. The van der Waals surface area contributed by atoms with Crippen LogP contribution < -0.4 is 15.2 Å². The van der Waals surface area contributed by atoms with Crippen molar-refractivity contribution in [3.63, 3.8) is 0 Å². The molecule has 3 nitrogen and oxygen atoms in total. The maximum Gasteiger partial charge on any atom is 0.124 e. The lowest BCUT2D eigenvalue weighted by Gasteiger charge is -2.16. The molecule has 0 aliphatic rings. The molecule has 0 amide bonds. The minimum atomic E-state index is 0.432. The SMILES string of the molecule is CC(C)c1ccccc1OCCOc1ccc2ccccc2c1CN. The van der Waals surface area contributed by atoms with Crippen LogP contribution in [-0.2, 0) is 6.54 Å². The molecular weight excluding hydrogens is 310 g/mol. The topological polar surface area (TPSA) is 44.5 Å². The van der Waals surface area contributed by atoms with Gasteiger partial charge < -0.3 is 15.2 Å². The van der Waals surface area contributed by atoms with Gasteiger partial charge in [-0.2, -0.15) is 0 Å². The Bertz CT molecular complexity index is 842. The first-order valence-electron chi connectivity index (χ1n) is 8.76. The van der Waals surface area contributed by atoms with Crippen LogP contribution in [0.5, 0.6) is 11.5 Å². The highest BCUT2D eigenvalue weighted by Gasteiger charge is 2.09. The van der Waals surface area contributed by atoms with E-state index in [9.17, 15) is 0 Å². The van der Waals surface area contributed by atoms with E-state index in [4.69, 9.17) is 15.2 Å². The van der Waals surface area contributed by atoms with Crippen molar-refractivity contribution in [2.45, 2.75) is 26.3 Å². The fourth-order valence-electron chi connectivity index (χ4n) is 3.05. The van der Waals surface area contributed by atoms with Crippen LogP contribution in [-0.4, -0.2) is 13.2 Å². The number of fused-ring (bicyclic) bond motifs is 1. The number of benzene rings is 3. The zero-order valence-electron chi connectivity index (χ0n) is 14.9. The van der Waals surface area contributed by atoms with Crippen molar-refractivity contribution in [2.75, 3.05) is 13.2 Å². The van der Waals surface area contributed by atoms with Crippen LogP contribution >= 0.6 is 0 Å². The molecule has 0 radical (unpaired) electrons. The third kappa shape index (κ3) is 3.94. The normalized spacial score (nSPS) is 11.0. The fourth-order valence-corrected chi connectivity index (χ4v) is 3.05. The Morgan fingerprint density at radius 2 is 1.48 bits per heavy atom. The van der Waals surface area contributed by atoms with Gasteiger partial charge in [0.2, 0.25) is 0 Å². The lowest BCUT2D eigenvalue weighted by Crippen LogP contribution is -2.12. The lowest BCUT2D eigenvalue weighted by molar-refractivity contribution is 0.214. The maximum atomic E-state index is 5.95. The van der Waals surface area contributed by atoms with Gasteiger partial charge in [0.1, 0.15) is 24.7 Å². The molecule has 0 spiro atoms. The van der Waals surface area contributed by atoms with Crippen LogP contribution in [0.15, 0.2) is 60.7 Å². The van der Waals surface area contributed by atoms with Gasteiger partial charge in [-0.25, -0.2) is 0 Å². The van der Waals surface area contributed by atoms with Crippen LogP contribution in [0.3, 0.4) is 0 Å². The molecule has 0 heterocycles. The molecule has 0 bridgehead atoms. The largest absolute Gasteiger partial charge is 0.490 e. The highest BCUT2D eigenvalue weighted by atomic mass is 16.5. The van der Waals surface area contributed by atoms with Gasteiger partial charge in [0, 0.05) is 12.1 Å². The molecule has 25 heavy (non-hydrogen) atoms. The van der Waals surface area contributed by atoms with Crippen molar-refractivity contribution in [2.24, 2.45) is 5.73 Å². The van der Waals surface area contributed by atoms with Gasteiger partial charge in [0.15, 0.2) is 0 Å². The minimum Gasteiger partial charge on any atom is -0.490 e. The Balaban J connectivity index is 1.66. The molecule has 3 rings (SSSR count). The molecule has 3 aromatic rings. The van der Waals surface area contributed by atoms with Crippen LogP contribution in [0.4, 0.5) is 0 Å². The lowest BCUT2D eigenvalue weighted by atomic mass is 10.0. The summed E-state index contributed by atoms with van der Waals surface area (Å²) in [7, 11) is 0. The van der Waals surface area contributed by atoms with E-state index in [1.54, 1.807) is 0 Å². The Labute approximate surface area is 149 Å². The monoisotopic (exact) mass is 335 g/mol. The summed E-state index contributed by atoms with van der Waals surface area (Å²) < 4.78 is 11.9. The number of hydrogen-bond donors (Lipinski definition) is 1. The molecule has 0 aliphatic carbocycles. The van der Waals surface area contributed by atoms with E-state index in [-0.39, 0.29) is 0 Å². The molecule has 0 saturated carbocycles. The smallest absolute Gasteiger partial charge is 0.124 e. The maximum absolute atomic E-state index is 5.95. The Kier molecular flexibility index (Phi) is 5.56. The summed E-state index contributed by atoms with van der Waals surface area (Å²) in [5.41, 5.74) is 8.21. The van der Waals surface area contributed by atoms with Crippen molar-refractivity contribution in [3.05, 3.63) is 71.8 Å². The van der Waals surface area contributed by atoms with Gasteiger partial charge in [0.25, 0.3) is 0 Å². The Morgan fingerprint density at radius 1 is 0.800 bits per heavy atom. The molecule has 0 aliphatic heterocycles. The van der Waals surface area contributed by atoms with E-state index in [0.29, 0.717) is 25.7 Å². The van der Waals surface area contributed by atoms with E-state index in [0.717, 1.165) is 22.4 Å². The average molecular weight is 335 g/mol. The van der Waals surface area contributed by atoms with Crippen molar-refractivity contribution in [1.29, 1.82) is 0 Å². The van der Waals surface area contributed by atoms with Gasteiger partial charge in [-0.15, -0.1) is 0 Å². The second-order valence-electron chi connectivity index (χ2n) is 6.36. The molecule has 0 atom stereocenters. The third-order valence-electron chi connectivity index (χ3n) is 4.34. The summed E-state index contributed by atoms with van der Waals surface area (Å²) in [6, 6.07) is 20.4. The summed E-state index contributed by atoms with van der Waals surface area (Å²) >= 11 is 0. The summed E-state index contributed by atoms with van der Waals surface area (Å²) in [5.74, 6) is 2.20. The molecule has 130 valence electrons.